The number of amides is 1. The fourth-order valence-corrected chi connectivity index (χ4v) is 4.43. The first-order valence-corrected chi connectivity index (χ1v) is 9.58. The van der Waals surface area contributed by atoms with Gasteiger partial charge in [-0.15, -0.1) is 0 Å². The van der Waals surface area contributed by atoms with Gasteiger partial charge in [-0.1, -0.05) is 0 Å². The van der Waals surface area contributed by atoms with Gasteiger partial charge in [-0.3, -0.25) is 9.48 Å². The number of nitrogens with zero attached hydrogens (tertiary/aromatic N) is 7. The molecule has 0 unspecified atom stereocenters. The van der Waals surface area contributed by atoms with Crippen molar-refractivity contribution < 1.29 is 18.1 Å². The highest BCUT2D eigenvalue weighted by atomic mass is 32.2. The number of sulfonamides is 1. The third-order valence-corrected chi connectivity index (χ3v) is 6.51. The summed E-state index contributed by atoms with van der Waals surface area (Å²) in [5.74, 6) is -0.604. The van der Waals surface area contributed by atoms with Gasteiger partial charge in [0, 0.05) is 33.2 Å². The van der Waals surface area contributed by atoms with Crippen LogP contribution in [0.1, 0.15) is 5.69 Å². The molecule has 2 aromatic rings. The van der Waals surface area contributed by atoms with Gasteiger partial charge in [-0.25, -0.2) is 8.42 Å². The maximum absolute atomic E-state index is 12.7. The lowest BCUT2D eigenvalue weighted by Crippen LogP contribution is -2.51. The Morgan fingerprint density at radius 3 is 2.48 bits per heavy atom. The first kappa shape index (κ1) is 19.0. The zero-order valence-electron chi connectivity index (χ0n) is 14.8. The smallest absolute Gasteiger partial charge is 0.358 e. The standard InChI is InChI=1S/C14H19N7O5S/c1-11-12(9-15-17(11)2)27(25,26)20-7-5-18(6-8-20)14(22)10-19-4-3-13(16-19)21(23)24/h3-4,9H,5-8,10H2,1-2H3. The van der Waals surface area contributed by atoms with Crippen LogP contribution in [0.25, 0.3) is 0 Å². The minimum Gasteiger partial charge on any atom is -0.358 e. The van der Waals surface area contributed by atoms with Gasteiger partial charge in [0.2, 0.25) is 15.9 Å². The Labute approximate surface area is 155 Å². The second kappa shape index (κ2) is 7.08. The summed E-state index contributed by atoms with van der Waals surface area (Å²) in [6.07, 6.45) is 2.69. The van der Waals surface area contributed by atoms with Crippen LogP contribution in [0.3, 0.4) is 0 Å². The molecule has 0 spiro atoms. The SMILES string of the molecule is Cc1c(S(=O)(=O)N2CCN(C(=O)Cn3ccc([N+](=O)[O-])n3)CC2)cnn1C. The lowest BCUT2D eigenvalue weighted by Gasteiger charge is -2.33. The number of carbonyl (C=O) groups is 1. The number of carbonyl (C=O) groups excluding carboxylic acids is 1. The zero-order valence-corrected chi connectivity index (χ0v) is 15.7. The number of rotatable bonds is 5. The highest BCUT2D eigenvalue weighted by molar-refractivity contribution is 7.89. The molecule has 146 valence electrons. The average molecular weight is 397 g/mol. The molecule has 1 fully saturated rings. The summed E-state index contributed by atoms with van der Waals surface area (Å²) in [4.78, 5) is 24.0. The lowest BCUT2D eigenvalue weighted by molar-refractivity contribution is -0.389. The molecule has 1 saturated heterocycles. The second-order valence-corrected chi connectivity index (χ2v) is 8.04. The maximum atomic E-state index is 12.7. The minimum absolute atomic E-state index is 0.137. The van der Waals surface area contributed by atoms with Gasteiger partial charge in [-0.05, 0) is 11.8 Å². The monoisotopic (exact) mass is 397 g/mol. The quantitative estimate of drug-likeness (QED) is 0.484. The molecule has 0 saturated carbocycles. The second-order valence-electron chi connectivity index (χ2n) is 6.13. The Morgan fingerprint density at radius 1 is 1.30 bits per heavy atom. The van der Waals surface area contributed by atoms with Crippen LogP contribution in [-0.2, 0) is 28.4 Å². The number of hydrogen-bond donors (Lipinski definition) is 0. The van der Waals surface area contributed by atoms with Crippen molar-refractivity contribution in [2.75, 3.05) is 26.2 Å². The number of aromatic nitrogens is 4. The average Bonchev–Trinajstić information content (AvgIpc) is 3.23. The van der Waals surface area contributed by atoms with E-state index in [9.17, 15) is 23.3 Å². The Hall–Kier alpha value is -2.80. The molecule has 27 heavy (non-hydrogen) atoms. The molecule has 3 rings (SSSR count). The van der Waals surface area contributed by atoms with E-state index in [1.165, 1.54) is 37.0 Å². The Bertz CT molecular complexity index is 972. The molecule has 3 heterocycles. The zero-order chi connectivity index (χ0) is 19.8. The predicted octanol–water partition coefficient (Wildman–Crippen LogP) is -0.634. The molecule has 1 aliphatic heterocycles. The van der Waals surface area contributed by atoms with Crippen LogP contribution in [0.2, 0.25) is 0 Å². The van der Waals surface area contributed by atoms with Crippen LogP contribution in [0, 0.1) is 17.0 Å². The van der Waals surface area contributed by atoms with Crippen molar-refractivity contribution in [1.82, 2.24) is 28.8 Å². The molecule has 0 atom stereocenters. The number of piperazine rings is 1. The fourth-order valence-electron chi connectivity index (χ4n) is 2.82. The van der Waals surface area contributed by atoms with Gasteiger partial charge in [0.1, 0.15) is 11.4 Å². The van der Waals surface area contributed by atoms with Crippen LogP contribution < -0.4 is 0 Å². The van der Waals surface area contributed by atoms with Gasteiger partial charge in [0.05, 0.1) is 29.3 Å². The molecule has 0 aliphatic carbocycles. The van der Waals surface area contributed by atoms with E-state index in [4.69, 9.17) is 0 Å². The summed E-state index contributed by atoms with van der Waals surface area (Å²) in [5, 5.41) is 18.3. The van der Waals surface area contributed by atoms with Crippen molar-refractivity contribution in [3.8, 4) is 0 Å². The van der Waals surface area contributed by atoms with E-state index in [0.717, 1.165) is 0 Å². The minimum atomic E-state index is -3.67. The predicted molar refractivity (Wildman–Crippen MR) is 92.2 cm³/mol. The maximum Gasteiger partial charge on any atom is 0.389 e. The molecular formula is C14H19N7O5S. The van der Waals surface area contributed by atoms with Gasteiger partial charge < -0.3 is 15.0 Å². The van der Waals surface area contributed by atoms with Crippen molar-refractivity contribution >= 4 is 21.7 Å². The van der Waals surface area contributed by atoms with E-state index >= 15 is 0 Å². The van der Waals surface area contributed by atoms with Gasteiger partial charge in [0.25, 0.3) is 0 Å². The Balaban J connectivity index is 1.61. The number of nitro groups is 1. The normalized spacial score (nSPS) is 15.9. The molecule has 1 amide bonds. The van der Waals surface area contributed by atoms with Crippen LogP contribution >= 0.6 is 0 Å². The third-order valence-electron chi connectivity index (χ3n) is 4.51. The molecule has 1 aliphatic rings. The molecular weight excluding hydrogens is 378 g/mol. The van der Waals surface area contributed by atoms with E-state index in [1.807, 2.05) is 0 Å². The topological polar surface area (TPSA) is 136 Å². The van der Waals surface area contributed by atoms with Gasteiger partial charge in [0.15, 0.2) is 0 Å². The van der Waals surface area contributed by atoms with Gasteiger partial charge >= 0.3 is 5.82 Å². The number of aryl methyl sites for hydroxylation is 1. The fraction of sp³-hybridized carbons (Fsp3) is 0.500. The Kier molecular flexibility index (Phi) is 4.97. The van der Waals surface area contributed by atoms with Crippen LogP contribution in [0.5, 0.6) is 0 Å². The molecule has 13 heteroatoms. The first-order chi connectivity index (χ1) is 12.7. The summed E-state index contributed by atoms with van der Waals surface area (Å²) in [6.45, 7) is 2.36. The molecule has 0 bridgehead atoms. The molecule has 0 N–H and O–H groups in total. The summed E-state index contributed by atoms with van der Waals surface area (Å²) in [6, 6.07) is 1.22. The van der Waals surface area contributed by atoms with Crippen LogP contribution in [0.15, 0.2) is 23.4 Å². The molecule has 0 aromatic carbocycles. The van der Waals surface area contributed by atoms with E-state index in [1.54, 1.807) is 14.0 Å². The van der Waals surface area contributed by atoms with Crippen molar-refractivity contribution in [1.29, 1.82) is 0 Å². The van der Waals surface area contributed by atoms with Crippen molar-refractivity contribution in [3.05, 3.63) is 34.3 Å². The third kappa shape index (κ3) is 3.68. The summed E-state index contributed by atoms with van der Waals surface area (Å²) in [5.41, 5.74) is 0.550. The van der Waals surface area contributed by atoms with Crippen LogP contribution in [-0.4, -0.2) is 74.2 Å². The highest BCUT2D eigenvalue weighted by Crippen LogP contribution is 2.20. The van der Waals surface area contributed by atoms with E-state index in [-0.39, 0.29) is 49.3 Å². The van der Waals surface area contributed by atoms with E-state index in [0.29, 0.717) is 5.69 Å². The van der Waals surface area contributed by atoms with Gasteiger partial charge in [-0.2, -0.15) is 14.1 Å². The highest BCUT2D eigenvalue weighted by Gasteiger charge is 2.32. The first-order valence-electron chi connectivity index (χ1n) is 8.14. The van der Waals surface area contributed by atoms with Crippen molar-refractivity contribution in [2.24, 2.45) is 7.05 Å². The van der Waals surface area contributed by atoms with E-state index in [2.05, 4.69) is 10.2 Å². The summed E-state index contributed by atoms with van der Waals surface area (Å²) < 4.78 is 29.5. The summed E-state index contributed by atoms with van der Waals surface area (Å²) >= 11 is 0. The lowest BCUT2D eigenvalue weighted by atomic mass is 10.3. The van der Waals surface area contributed by atoms with E-state index < -0.39 is 14.9 Å². The summed E-state index contributed by atoms with van der Waals surface area (Å²) in [7, 11) is -2.00. The van der Waals surface area contributed by atoms with Crippen molar-refractivity contribution in [3.63, 3.8) is 0 Å². The van der Waals surface area contributed by atoms with Crippen molar-refractivity contribution in [2.45, 2.75) is 18.4 Å². The molecule has 12 nitrogen and oxygen atoms in total. The van der Waals surface area contributed by atoms with Crippen LogP contribution in [0.4, 0.5) is 5.82 Å². The molecule has 0 radical (unpaired) electrons. The Morgan fingerprint density at radius 2 is 1.96 bits per heavy atom. The largest absolute Gasteiger partial charge is 0.389 e. The number of hydrogen-bond acceptors (Lipinski definition) is 7. The molecule has 2 aromatic heterocycles.